The van der Waals surface area contributed by atoms with Crippen molar-refractivity contribution in [2.24, 2.45) is 0 Å². The van der Waals surface area contributed by atoms with E-state index in [-0.39, 0.29) is 17.4 Å². The molecule has 0 bridgehead atoms. The highest BCUT2D eigenvalue weighted by Gasteiger charge is 2.20. The van der Waals surface area contributed by atoms with Crippen LogP contribution in [0.1, 0.15) is 12.8 Å². The molecule has 0 radical (unpaired) electrons. The van der Waals surface area contributed by atoms with Gasteiger partial charge in [0.1, 0.15) is 0 Å². The number of hydrogen-bond acceptors (Lipinski definition) is 4. The topological polar surface area (TPSA) is 48.4 Å². The van der Waals surface area contributed by atoms with Crippen LogP contribution in [0.15, 0.2) is 12.3 Å². The fourth-order valence-corrected chi connectivity index (χ4v) is 2.37. The molecular weight excluding hydrogens is 257 g/mol. The van der Waals surface area contributed by atoms with E-state index in [9.17, 15) is 4.39 Å². The second-order valence-corrected chi connectivity index (χ2v) is 4.86. The fourth-order valence-electron chi connectivity index (χ4n) is 2.22. The molecule has 100 valence electrons. The summed E-state index contributed by atoms with van der Waals surface area (Å²) >= 11 is 5.69. The summed E-state index contributed by atoms with van der Waals surface area (Å²) in [5, 5.41) is 12.7. The van der Waals surface area contributed by atoms with Crippen molar-refractivity contribution >= 4 is 17.4 Å². The highest BCUT2D eigenvalue weighted by Crippen LogP contribution is 2.20. The van der Waals surface area contributed by atoms with Crippen molar-refractivity contribution in [2.45, 2.75) is 18.9 Å². The average Bonchev–Trinajstić information content (AvgIpc) is 2.81. The summed E-state index contributed by atoms with van der Waals surface area (Å²) < 4.78 is 13.8. The molecule has 0 aromatic carbocycles. The molecule has 0 spiro atoms. The van der Waals surface area contributed by atoms with Crippen LogP contribution >= 0.6 is 11.6 Å². The van der Waals surface area contributed by atoms with Crippen LogP contribution in [-0.4, -0.2) is 42.4 Å². The molecule has 1 aromatic heterocycles. The normalized spacial score (nSPS) is 19.2. The maximum Gasteiger partial charge on any atom is 0.167 e. The Labute approximate surface area is 111 Å². The van der Waals surface area contributed by atoms with E-state index < -0.39 is 5.82 Å². The minimum Gasteiger partial charge on any atom is -0.395 e. The number of nitrogens with one attached hydrogen (secondary N) is 1. The number of aliphatic hydroxyl groups excluding tert-OH is 1. The summed E-state index contributed by atoms with van der Waals surface area (Å²) in [5.41, 5.74) is 0. The van der Waals surface area contributed by atoms with Gasteiger partial charge >= 0.3 is 0 Å². The summed E-state index contributed by atoms with van der Waals surface area (Å²) in [6.45, 7) is 1.97. The lowest BCUT2D eigenvalue weighted by molar-refractivity contribution is 0.299. The molecule has 1 aliphatic heterocycles. The third-order valence-corrected chi connectivity index (χ3v) is 3.27. The molecule has 2 N–H and O–H groups in total. The van der Waals surface area contributed by atoms with Crippen LogP contribution in [0.5, 0.6) is 0 Å². The Kier molecular flexibility index (Phi) is 4.74. The predicted molar refractivity (Wildman–Crippen MR) is 69.5 cm³/mol. The summed E-state index contributed by atoms with van der Waals surface area (Å²) in [6, 6.07) is 1.57. The summed E-state index contributed by atoms with van der Waals surface area (Å²) in [6.07, 6.45) is 3.62. The molecule has 1 aromatic rings. The molecule has 18 heavy (non-hydrogen) atoms. The number of rotatable bonds is 5. The zero-order chi connectivity index (χ0) is 13.0. The Morgan fingerprint density at radius 3 is 3.06 bits per heavy atom. The first-order valence-electron chi connectivity index (χ1n) is 6.11. The van der Waals surface area contributed by atoms with Gasteiger partial charge < -0.3 is 15.3 Å². The van der Waals surface area contributed by atoms with Crippen LogP contribution in [0.25, 0.3) is 0 Å². The zero-order valence-electron chi connectivity index (χ0n) is 10.1. The lowest BCUT2D eigenvalue weighted by atomic mass is 10.2. The molecule has 4 nitrogen and oxygen atoms in total. The van der Waals surface area contributed by atoms with E-state index in [1.54, 1.807) is 4.90 Å². The van der Waals surface area contributed by atoms with E-state index in [0.717, 1.165) is 19.4 Å². The molecule has 0 aliphatic carbocycles. The summed E-state index contributed by atoms with van der Waals surface area (Å²) in [7, 11) is 0. The highest BCUT2D eigenvalue weighted by atomic mass is 35.5. The van der Waals surface area contributed by atoms with Gasteiger partial charge in [-0.15, -0.1) is 0 Å². The smallest absolute Gasteiger partial charge is 0.167 e. The van der Waals surface area contributed by atoms with Gasteiger partial charge in [-0.3, -0.25) is 0 Å². The first-order chi connectivity index (χ1) is 8.70. The van der Waals surface area contributed by atoms with Gasteiger partial charge in [0, 0.05) is 25.3 Å². The monoisotopic (exact) mass is 273 g/mol. The van der Waals surface area contributed by atoms with Crippen LogP contribution in [0.4, 0.5) is 10.2 Å². The number of anilines is 1. The van der Waals surface area contributed by atoms with Crippen molar-refractivity contribution < 1.29 is 9.50 Å². The number of pyridine rings is 1. The molecule has 1 atom stereocenters. The van der Waals surface area contributed by atoms with E-state index in [4.69, 9.17) is 16.7 Å². The molecule has 1 saturated heterocycles. The Hall–Kier alpha value is -0.910. The Morgan fingerprint density at radius 2 is 2.44 bits per heavy atom. The summed E-state index contributed by atoms with van der Waals surface area (Å²) in [4.78, 5) is 5.78. The van der Waals surface area contributed by atoms with Gasteiger partial charge in [-0.2, -0.15) is 0 Å². The van der Waals surface area contributed by atoms with Crippen molar-refractivity contribution in [3.63, 3.8) is 0 Å². The third-order valence-electron chi connectivity index (χ3n) is 3.06. The number of aromatic nitrogens is 1. The molecule has 0 saturated carbocycles. The van der Waals surface area contributed by atoms with E-state index in [1.165, 1.54) is 12.3 Å². The van der Waals surface area contributed by atoms with Crippen LogP contribution < -0.4 is 10.2 Å². The fraction of sp³-hybridized carbons (Fsp3) is 0.583. The molecule has 1 unspecified atom stereocenters. The molecular formula is C12H17ClFN3O. The van der Waals surface area contributed by atoms with Crippen LogP contribution in [-0.2, 0) is 0 Å². The van der Waals surface area contributed by atoms with Crippen LogP contribution in [0.2, 0.25) is 5.02 Å². The van der Waals surface area contributed by atoms with E-state index in [0.29, 0.717) is 19.1 Å². The molecule has 2 rings (SSSR count). The van der Waals surface area contributed by atoms with Crippen molar-refractivity contribution in [3.8, 4) is 0 Å². The minimum absolute atomic E-state index is 0.0313. The van der Waals surface area contributed by atoms with Crippen LogP contribution in [0.3, 0.4) is 0 Å². The number of halogens is 2. The Bertz CT molecular complexity index is 399. The van der Waals surface area contributed by atoms with Gasteiger partial charge in [0.05, 0.1) is 11.6 Å². The first kappa shape index (κ1) is 13.5. The van der Waals surface area contributed by atoms with Crippen LogP contribution in [0, 0.1) is 5.82 Å². The van der Waals surface area contributed by atoms with Crippen molar-refractivity contribution in [2.75, 3.05) is 31.1 Å². The van der Waals surface area contributed by atoms with Crippen molar-refractivity contribution in [3.05, 3.63) is 23.1 Å². The molecule has 1 fully saturated rings. The average molecular weight is 274 g/mol. The number of nitrogens with zero attached hydrogens (tertiary/aromatic N) is 2. The van der Waals surface area contributed by atoms with E-state index in [1.807, 2.05) is 0 Å². The lowest BCUT2D eigenvalue weighted by Gasteiger charge is -2.26. The zero-order valence-corrected chi connectivity index (χ0v) is 10.8. The quantitative estimate of drug-likeness (QED) is 0.852. The van der Waals surface area contributed by atoms with Gasteiger partial charge in [-0.1, -0.05) is 11.6 Å². The second kappa shape index (κ2) is 6.31. The number of hydrogen-bond donors (Lipinski definition) is 2. The van der Waals surface area contributed by atoms with Gasteiger partial charge in [-0.05, 0) is 25.5 Å². The van der Waals surface area contributed by atoms with Gasteiger partial charge in [0.25, 0.3) is 0 Å². The maximum absolute atomic E-state index is 13.8. The number of aliphatic hydroxyl groups is 1. The standard InChI is InChI=1S/C12H17ClFN3O/c13-9-6-11(14)12(16-7-9)17(4-5-18)8-10-2-1-3-15-10/h6-7,10,15,18H,1-5,8H2. The minimum atomic E-state index is -0.450. The van der Waals surface area contributed by atoms with Gasteiger partial charge in [0.2, 0.25) is 0 Å². The highest BCUT2D eigenvalue weighted by molar-refractivity contribution is 6.30. The molecule has 1 aliphatic rings. The van der Waals surface area contributed by atoms with E-state index >= 15 is 0 Å². The first-order valence-corrected chi connectivity index (χ1v) is 6.48. The summed E-state index contributed by atoms with van der Waals surface area (Å²) in [5.74, 6) is -0.198. The lowest BCUT2D eigenvalue weighted by Crippen LogP contribution is -2.40. The van der Waals surface area contributed by atoms with Crippen molar-refractivity contribution in [1.82, 2.24) is 10.3 Å². The Balaban J connectivity index is 2.12. The maximum atomic E-state index is 13.8. The largest absolute Gasteiger partial charge is 0.395 e. The SMILES string of the molecule is OCCN(CC1CCCN1)c1ncc(Cl)cc1F. The van der Waals surface area contributed by atoms with Gasteiger partial charge in [-0.25, -0.2) is 9.37 Å². The second-order valence-electron chi connectivity index (χ2n) is 4.42. The molecule has 0 amide bonds. The van der Waals surface area contributed by atoms with Crippen molar-refractivity contribution in [1.29, 1.82) is 0 Å². The molecule has 6 heteroatoms. The van der Waals surface area contributed by atoms with Gasteiger partial charge in [0.15, 0.2) is 11.6 Å². The van der Waals surface area contributed by atoms with E-state index in [2.05, 4.69) is 10.3 Å². The third kappa shape index (κ3) is 3.31. The molecule has 2 heterocycles. The Morgan fingerprint density at radius 1 is 1.61 bits per heavy atom. The predicted octanol–water partition coefficient (Wildman–Crippen LogP) is 1.42.